The molecule has 0 atom stereocenters. The van der Waals surface area contributed by atoms with Crippen molar-refractivity contribution in [3.63, 3.8) is 0 Å². The zero-order chi connectivity index (χ0) is 26.9. The Kier molecular flexibility index (Phi) is 7.11. The number of carbonyl (C=O) groups is 2. The maximum Gasteiger partial charge on any atom is 0.332 e. The van der Waals surface area contributed by atoms with Crippen LogP contribution in [0.25, 0.3) is 0 Å². The third kappa shape index (κ3) is 4.86. The Hall–Kier alpha value is -3.49. The molecular formula is C30H33N3O4S. The van der Waals surface area contributed by atoms with E-state index in [-0.39, 0.29) is 10.8 Å². The Morgan fingerprint density at radius 3 is 2.03 bits per heavy atom. The van der Waals surface area contributed by atoms with Crippen LogP contribution in [-0.4, -0.2) is 48.2 Å². The summed E-state index contributed by atoms with van der Waals surface area (Å²) in [7, 11) is -3.60. The van der Waals surface area contributed by atoms with Crippen LogP contribution in [0.5, 0.6) is 0 Å². The maximum atomic E-state index is 13.6. The molecule has 2 heterocycles. The van der Waals surface area contributed by atoms with Crippen LogP contribution in [0.4, 0.5) is 10.5 Å². The summed E-state index contributed by atoms with van der Waals surface area (Å²) in [6.45, 7) is 4.83. The second kappa shape index (κ2) is 10.3. The third-order valence-electron chi connectivity index (χ3n) is 7.56. The molecule has 2 aliphatic rings. The van der Waals surface area contributed by atoms with Crippen molar-refractivity contribution in [3.05, 3.63) is 95.6 Å². The van der Waals surface area contributed by atoms with Gasteiger partial charge in [-0.2, -0.15) is 4.31 Å². The van der Waals surface area contributed by atoms with Crippen molar-refractivity contribution in [1.29, 1.82) is 0 Å². The molecule has 0 N–H and O–H groups in total. The fourth-order valence-electron chi connectivity index (χ4n) is 5.22. The molecule has 3 aromatic rings. The van der Waals surface area contributed by atoms with Crippen molar-refractivity contribution in [2.75, 3.05) is 18.0 Å². The lowest BCUT2D eigenvalue weighted by molar-refractivity contribution is -0.123. The molecule has 2 fully saturated rings. The normalized spacial score (nSPS) is 18.3. The first-order valence-corrected chi connectivity index (χ1v) is 14.5. The summed E-state index contributed by atoms with van der Waals surface area (Å²) in [4.78, 5) is 30.1. The zero-order valence-electron chi connectivity index (χ0n) is 21.8. The lowest BCUT2D eigenvalue weighted by Crippen LogP contribution is -2.43. The van der Waals surface area contributed by atoms with Crippen LogP contribution in [0.2, 0.25) is 0 Å². The van der Waals surface area contributed by atoms with E-state index >= 15 is 0 Å². The van der Waals surface area contributed by atoms with E-state index in [2.05, 4.69) is 18.2 Å². The van der Waals surface area contributed by atoms with E-state index in [4.69, 9.17) is 0 Å². The minimum atomic E-state index is -3.60. The number of carbonyl (C=O) groups excluding carboxylic acids is 2. The summed E-state index contributed by atoms with van der Waals surface area (Å²) in [6.07, 6.45) is 3.47. The number of anilines is 1. The van der Waals surface area contributed by atoms with Crippen molar-refractivity contribution in [3.8, 4) is 0 Å². The highest BCUT2D eigenvalue weighted by atomic mass is 32.2. The van der Waals surface area contributed by atoms with E-state index in [0.29, 0.717) is 25.3 Å². The number of hydrogen-bond donors (Lipinski definition) is 0. The number of piperidine rings is 1. The minimum Gasteiger partial charge on any atom is -0.305 e. The van der Waals surface area contributed by atoms with Gasteiger partial charge in [-0.1, -0.05) is 61.0 Å². The predicted molar refractivity (Wildman–Crippen MR) is 147 cm³/mol. The van der Waals surface area contributed by atoms with Crippen LogP contribution < -0.4 is 4.90 Å². The second-order valence-corrected chi connectivity index (χ2v) is 12.4. The molecule has 2 aliphatic heterocycles. The Morgan fingerprint density at radius 2 is 1.37 bits per heavy atom. The van der Waals surface area contributed by atoms with Crippen molar-refractivity contribution in [1.82, 2.24) is 9.21 Å². The van der Waals surface area contributed by atoms with Gasteiger partial charge in [0, 0.05) is 19.6 Å². The number of amides is 3. The molecule has 3 amide bonds. The molecule has 0 radical (unpaired) electrons. The highest BCUT2D eigenvalue weighted by Gasteiger charge is 2.51. The van der Waals surface area contributed by atoms with E-state index in [1.165, 1.54) is 22.0 Å². The average Bonchev–Trinajstić information content (AvgIpc) is 3.10. The first kappa shape index (κ1) is 26.1. The molecule has 0 unspecified atom stereocenters. The Bertz CT molecular complexity index is 1430. The smallest absolute Gasteiger partial charge is 0.305 e. The number of urea groups is 1. The largest absolute Gasteiger partial charge is 0.332 e. The molecule has 198 valence electrons. The number of hydrogen-bond acceptors (Lipinski definition) is 4. The molecule has 0 saturated carbocycles. The number of sulfonamides is 1. The van der Waals surface area contributed by atoms with E-state index in [1.54, 1.807) is 30.9 Å². The van der Waals surface area contributed by atoms with E-state index in [9.17, 15) is 18.0 Å². The highest BCUT2D eigenvalue weighted by Crippen LogP contribution is 2.34. The molecule has 2 saturated heterocycles. The van der Waals surface area contributed by atoms with Gasteiger partial charge in [0.05, 0.1) is 10.6 Å². The van der Waals surface area contributed by atoms with E-state index < -0.39 is 21.6 Å². The monoisotopic (exact) mass is 531 g/mol. The first-order chi connectivity index (χ1) is 18.2. The summed E-state index contributed by atoms with van der Waals surface area (Å²) in [5, 5.41) is 0. The molecule has 0 spiro atoms. The number of rotatable bonds is 7. The summed E-state index contributed by atoms with van der Waals surface area (Å²) in [5.41, 5.74) is 2.56. The maximum absolute atomic E-state index is 13.6. The van der Waals surface area contributed by atoms with E-state index in [0.717, 1.165) is 41.7 Å². The lowest BCUT2D eigenvalue weighted by atomic mass is 9.97. The molecule has 0 aliphatic carbocycles. The molecule has 38 heavy (non-hydrogen) atoms. The molecule has 7 nitrogen and oxygen atoms in total. The van der Waals surface area contributed by atoms with Gasteiger partial charge in [-0.15, -0.1) is 0 Å². The summed E-state index contributed by atoms with van der Waals surface area (Å²) >= 11 is 0. The zero-order valence-corrected chi connectivity index (χ0v) is 22.7. The fourth-order valence-corrected chi connectivity index (χ4v) is 6.74. The predicted octanol–water partition coefficient (Wildman–Crippen LogP) is 5.20. The summed E-state index contributed by atoms with van der Waals surface area (Å²) < 4.78 is 27.6. The number of nitrogens with zero attached hydrogens (tertiary/aromatic N) is 3. The van der Waals surface area contributed by atoms with Gasteiger partial charge in [-0.25, -0.2) is 18.1 Å². The molecule has 0 aromatic heterocycles. The van der Waals surface area contributed by atoms with E-state index in [1.807, 2.05) is 36.4 Å². The van der Waals surface area contributed by atoms with Gasteiger partial charge in [0.25, 0.3) is 5.91 Å². The third-order valence-corrected chi connectivity index (χ3v) is 9.47. The lowest BCUT2D eigenvalue weighted by Gasteiger charge is -2.28. The minimum absolute atomic E-state index is 0.174. The van der Waals surface area contributed by atoms with Crippen molar-refractivity contribution in [2.45, 2.75) is 56.5 Å². The highest BCUT2D eigenvalue weighted by molar-refractivity contribution is 7.89. The second-order valence-electron chi connectivity index (χ2n) is 10.5. The Balaban J connectivity index is 1.39. The molecule has 8 heteroatoms. The summed E-state index contributed by atoms with van der Waals surface area (Å²) in [6, 6.07) is 23.8. The van der Waals surface area contributed by atoms with Crippen LogP contribution >= 0.6 is 0 Å². The first-order valence-electron chi connectivity index (χ1n) is 13.1. The summed E-state index contributed by atoms with van der Waals surface area (Å²) in [5.74, 6) is -0.338. The average molecular weight is 532 g/mol. The molecule has 0 bridgehead atoms. The van der Waals surface area contributed by atoms with Crippen LogP contribution in [-0.2, 0) is 27.8 Å². The van der Waals surface area contributed by atoms with Gasteiger partial charge < -0.3 is 4.90 Å². The van der Waals surface area contributed by atoms with Crippen LogP contribution in [0, 0.1) is 0 Å². The van der Waals surface area contributed by atoms with Gasteiger partial charge >= 0.3 is 6.03 Å². The van der Waals surface area contributed by atoms with Gasteiger partial charge in [0.15, 0.2) is 0 Å². The van der Waals surface area contributed by atoms with Crippen LogP contribution in [0.1, 0.15) is 49.8 Å². The van der Waals surface area contributed by atoms with Gasteiger partial charge in [0.2, 0.25) is 10.0 Å². The molecular weight excluding hydrogens is 498 g/mol. The topological polar surface area (TPSA) is 78.0 Å². The van der Waals surface area contributed by atoms with Crippen molar-refractivity contribution < 1.29 is 18.0 Å². The molecule has 5 rings (SSSR count). The van der Waals surface area contributed by atoms with Crippen LogP contribution in [0.15, 0.2) is 83.8 Å². The van der Waals surface area contributed by atoms with Gasteiger partial charge in [-0.05, 0) is 74.1 Å². The van der Waals surface area contributed by atoms with Crippen molar-refractivity contribution in [2.24, 2.45) is 0 Å². The fraction of sp³-hybridized carbons (Fsp3) is 0.333. The van der Waals surface area contributed by atoms with Gasteiger partial charge in [-0.3, -0.25) is 4.79 Å². The standard InChI is InChI=1S/C30H33N3O4S/c1-30(2)28(34)33(26-15-17-27(18-16-26)38(36,37)31-19-9-4-10-20-31)29(35)32(30)22-25-14-8-7-13-24(25)21-23-11-5-3-6-12-23/h3,5-8,11-18H,4,9-10,19-22H2,1-2H3. The van der Waals surface area contributed by atoms with Crippen LogP contribution in [0.3, 0.4) is 0 Å². The SMILES string of the molecule is CC1(C)C(=O)N(c2ccc(S(=O)(=O)N3CCCCC3)cc2)C(=O)N1Cc1ccccc1Cc1ccccc1. The Morgan fingerprint density at radius 1 is 0.763 bits per heavy atom. The Labute approximate surface area is 224 Å². The van der Waals surface area contributed by atoms with Crippen molar-refractivity contribution >= 4 is 27.6 Å². The molecule has 3 aromatic carbocycles. The van der Waals surface area contributed by atoms with Gasteiger partial charge in [0.1, 0.15) is 5.54 Å². The number of benzene rings is 3. The quantitative estimate of drug-likeness (QED) is 0.393. The number of imide groups is 1.